The van der Waals surface area contributed by atoms with E-state index in [0.29, 0.717) is 19.7 Å². The number of hydrogen-bond donors (Lipinski definition) is 4. The number of hydrogen-bond acceptors (Lipinski definition) is 6. The molecule has 0 atom stereocenters. The minimum atomic E-state index is -4.67. The molecule has 8 nitrogen and oxygen atoms in total. The summed E-state index contributed by atoms with van der Waals surface area (Å²) in [5.74, 6) is 0. The molecule has 0 rings (SSSR count). The zero-order valence-electron chi connectivity index (χ0n) is 16.9. The molecule has 4 N–H and O–H groups in total. The van der Waals surface area contributed by atoms with Gasteiger partial charge in [0, 0.05) is 26.2 Å². The maximum Gasteiger partial charge on any atom is 0.394 e. The van der Waals surface area contributed by atoms with E-state index in [4.69, 9.17) is 32.5 Å². The zero-order chi connectivity index (χ0) is 20.8. The first-order chi connectivity index (χ1) is 12.8. The van der Waals surface area contributed by atoms with Crippen molar-refractivity contribution in [1.82, 2.24) is 4.90 Å². The van der Waals surface area contributed by atoms with Crippen molar-refractivity contribution in [1.29, 1.82) is 0 Å². The van der Waals surface area contributed by atoms with Crippen LogP contribution in [0.25, 0.3) is 0 Å². The Kier molecular flexibility index (Phi) is 23.6. The predicted octanol–water partition coefficient (Wildman–Crippen LogP) is 2.56. The van der Waals surface area contributed by atoms with Gasteiger partial charge in [-0.3, -0.25) is 14.0 Å². The van der Waals surface area contributed by atoms with Gasteiger partial charge in [0.25, 0.3) is 0 Å². The second kappa shape index (κ2) is 22.0. The molecule has 0 aromatic carbocycles. The molecular formula is C18H41NO7S. The largest absolute Gasteiger partial charge is 0.395 e. The van der Waals surface area contributed by atoms with E-state index in [1.165, 1.54) is 57.8 Å². The predicted molar refractivity (Wildman–Crippen MR) is 107 cm³/mol. The fraction of sp³-hybridized carbons (Fsp3) is 1.00. The van der Waals surface area contributed by atoms with E-state index in [1.807, 2.05) is 4.90 Å². The van der Waals surface area contributed by atoms with Crippen LogP contribution in [0, 0.1) is 0 Å². The fourth-order valence-corrected chi connectivity index (χ4v) is 2.61. The van der Waals surface area contributed by atoms with E-state index in [0.717, 1.165) is 19.6 Å². The summed E-state index contributed by atoms with van der Waals surface area (Å²) in [6, 6.07) is 0. The minimum Gasteiger partial charge on any atom is -0.395 e. The standard InChI is InChI=1S/C18H39NO3.H2O4S/c1-2-3-4-5-6-7-8-9-10-11-17-22-18-14-19(12-15-20)13-16-21;1-5(2,3)4/h20-21H,2-18H2,1H3;(H2,1,2,3,4). The van der Waals surface area contributed by atoms with Crippen LogP contribution in [-0.2, 0) is 15.1 Å². The Morgan fingerprint density at radius 1 is 0.704 bits per heavy atom. The highest BCUT2D eigenvalue weighted by atomic mass is 32.3. The van der Waals surface area contributed by atoms with Crippen molar-refractivity contribution < 1.29 is 32.5 Å². The smallest absolute Gasteiger partial charge is 0.394 e. The van der Waals surface area contributed by atoms with Gasteiger partial charge in [0.2, 0.25) is 0 Å². The van der Waals surface area contributed by atoms with Crippen molar-refractivity contribution >= 4 is 10.4 Å². The second-order valence-corrected chi connectivity index (χ2v) is 7.43. The number of rotatable bonds is 18. The Morgan fingerprint density at radius 2 is 1.11 bits per heavy atom. The van der Waals surface area contributed by atoms with E-state index in [1.54, 1.807) is 0 Å². The normalized spacial score (nSPS) is 11.5. The van der Waals surface area contributed by atoms with Gasteiger partial charge in [-0.2, -0.15) is 8.42 Å². The lowest BCUT2D eigenvalue weighted by atomic mass is 10.1. The average molecular weight is 416 g/mol. The van der Waals surface area contributed by atoms with Crippen LogP contribution in [0.2, 0.25) is 0 Å². The second-order valence-electron chi connectivity index (χ2n) is 6.53. The summed E-state index contributed by atoms with van der Waals surface area (Å²) in [6.45, 7) is 6.08. The van der Waals surface area contributed by atoms with E-state index in [-0.39, 0.29) is 13.2 Å². The van der Waals surface area contributed by atoms with Gasteiger partial charge in [-0.1, -0.05) is 64.7 Å². The van der Waals surface area contributed by atoms with Crippen molar-refractivity contribution in [2.75, 3.05) is 46.1 Å². The van der Waals surface area contributed by atoms with Crippen LogP contribution in [0.5, 0.6) is 0 Å². The van der Waals surface area contributed by atoms with Crippen LogP contribution in [0.3, 0.4) is 0 Å². The number of aliphatic hydroxyl groups excluding tert-OH is 2. The number of unbranched alkanes of at least 4 members (excludes halogenated alkanes) is 9. The summed E-state index contributed by atoms with van der Waals surface area (Å²) in [6.07, 6.45) is 13.5. The minimum absolute atomic E-state index is 0.137. The third kappa shape index (κ3) is 33.7. The number of ether oxygens (including phenoxy) is 1. The Balaban J connectivity index is 0. The SMILES string of the molecule is CCCCCCCCCCCCOCCN(CCO)CCO.O=S(=O)(O)O. The first kappa shape index (κ1) is 28.9. The molecule has 0 saturated heterocycles. The molecule has 0 fully saturated rings. The summed E-state index contributed by atoms with van der Waals surface area (Å²) in [7, 11) is -4.67. The zero-order valence-corrected chi connectivity index (χ0v) is 17.7. The Hall–Kier alpha value is -0.290. The molecule has 0 heterocycles. The van der Waals surface area contributed by atoms with Crippen molar-refractivity contribution in [3.05, 3.63) is 0 Å². The molecule has 0 unspecified atom stereocenters. The molecular weight excluding hydrogens is 374 g/mol. The molecule has 0 aliphatic rings. The van der Waals surface area contributed by atoms with Gasteiger partial charge in [-0.15, -0.1) is 0 Å². The molecule has 0 aliphatic heterocycles. The summed E-state index contributed by atoms with van der Waals surface area (Å²) < 4.78 is 37.2. The van der Waals surface area contributed by atoms with E-state index in [2.05, 4.69) is 6.92 Å². The summed E-state index contributed by atoms with van der Waals surface area (Å²) in [5.41, 5.74) is 0. The van der Waals surface area contributed by atoms with E-state index >= 15 is 0 Å². The van der Waals surface area contributed by atoms with Crippen molar-refractivity contribution in [3.63, 3.8) is 0 Å². The van der Waals surface area contributed by atoms with Crippen LogP contribution in [-0.4, -0.2) is 78.7 Å². The fourth-order valence-electron chi connectivity index (χ4n) is 2.61. The monoisotopic (exact) mass is 415 g/mol. The highest BCUT2D eigenvalue weighted by Crippen LogP contribution is 2.10. The van der Waals surface area contributed by atoms with Crippen LogP contribution < -0.4 is 0 Å². The first-order valence-corrected chi connectivity index (χ1v) is 11.5. The summed E-state index contributed by atoms with van der Waals surface area (Å²) in [5, 5.41) is 17.8. The van der Waals surface area contributed by atoms with Gasteiger partial charge in [-0.05, 0) is 6.42 Å². The molecule has 0 aromatic heterocycles. The topological polar surface area (TPSA) is 128 Å². The third-order valence-corrected chi connectivity index (χ3v) is 4.03. The molecule has 166 valence electrons. The Morgan fingerprint density at radius 3 is 1.52 bits per heavy atom. The molecule has 0 bridgehead atoms. The van der Waals surface area contributed by atoms with Gasteiger partial charge in [0.05, 0.1) is 19.8 Å². The highest BCUT2D eigenvalue weighted by Gasteiger charge is 2.02. The third-order valence-electron chi connectivity index (χ3n) is 4.03. The number of nitrogens with zero attached hydrogens (tertiary/aromatic N) is 1. The van der Waals surface area contributed by atoms with Crippen molar-refractivity contribution in [2.45, 2.75) is 71.1 Å². The lowest BCUT2D eigenvalue weighted by Crippen LogP contribution is -2.33. The first-order valence-electron chi connectivity index (χ1n) is 10.1. The van der Waals surface area contributed by atoms with Gasteiger partial charge in [0.15, 0.2) is 0 Å². The van der Waals surface area contributed by atoms with Crippen LogP contribution in [0.1, 0.15) is 71.1 Å². The van der Waals surface area contributed by atoms with Crippen LogP contribution in [0.15, 0.2) is 0 Å². The summed E-state index contributed by atoms with van der Waals surface area (Å²) >= 11 is 0. The molecule has 0 radical (unpaired) electrons. The molecule has 0 saturated carbocycles. The molecule has 0 amide bonds. The van der Waals surface area contributed by atoms with Gasteiger partial charge < -0.3 is 14.9 Å². The lowest BCUT2D eigenvalue weighted by Gasteiger charge is -2.19. The quantitative estimate of drug-likeness (QED) is 0.199. The van der Waals surface area contributed by atoms with E-state index in [9.17, 15) is 0 Å². The maximum atomic E-state index is 8.90. The van der Waals surface area contributed by atoms with Crippen LogP contribution in [0.4, 0.5) is 0 Å². The van der Waals surface area contributed by atoms with Gasteiger partial charge in [-0.25, -0.2) is 0 Å². The van der Waals surface area contributed by atoms with Crippen molar-refractivity contribution in [2.24, 2.45) is 0 Å². The average Bonchev–Trinajstić information content (AvgIpc) is 2.58. The van der Waals surface area contributed by atoms with Crippen molar-refractivity contribution in [3.8, 4) is 0 Å². The van der Waals surface area contributed by atoms with Gasteiger partial charge >= 0.3 is 10.4 Å². The van der Waals surface area contributed by atoms with Crippen LogP contribution >= 0.6 is 0 Å². The molecule has 0 aliphatic carbocycles. The van der Waals surface area contributed by atoms with E-state index < -0.39 is 10.4 Å². The molecule has 9 heteroatoms. The molecule has 27 heavy (non-hydrogen) atoms. The highest BCUT2D eigenvalue weighted by molar-refractivity contribution is 7.79. The Labute approximate surface area is 165 Å². The lowest BCUT2D eigenvalue weighted by molar-refractivity contribution is 0.0849. The Bertz CT molecular complexity index is 366. The number of aliphatic hydroxyl groups is 2. The maximum absolute atomic E-state index is 8.90. The summed E-state index contributed by atoms with van der Waals surface area (Å²) in [4.78, 5) is 2.03. The molecule has 0 aromatic rings. The van der Waals surface area contributed by atoms with Gasteiger partial charge in [0.1, 0.15) is 0 Å². The molecule has 0 spiro atoms.